The predicted octanol–water partition coefficient (Wildman–Crippen LogP) is 3.50. The van der Waals surface area contributed by atoms with Crippen LogP contribution in [0, 0.1) is 0 Å². The van der Waals surface area contributed by atoms with Gasteiger partial charge in [0.2, 0.25) is 0 Å². The van der Waals surface area contributed by atoms with Crippen LogP contribution >= 0.6 is 0 Å². The van der Waals surface area contributed by atoms with Crippen molar-refractivity contribution in [3.8, 4) is 0 Å². The van der Waals surface area contributed by atoms with E-state index in [0.717, 1.165) is 49.0 Å². The van der Waals surface area contributed by atoms with Crippen LogP contribution in [0.3, 0.4) is 0 Å². The van der Waals surface area contributed by atoms with Gasteiger partial charge in [-0.2, -0.15) is 5.10 Å². The highest BCUT2D eigenvalue weighted by molar-refractivity contribution is 7.75. The average molecular weight is 384 g/mol. The lowest BCUT2D eigenvalue weighted by atomic mass is 10.0. The molecule has 27 heavy (non-hydrogen) atoms. The molecule has 8 heteroatoms. The molecule has 2 amide bonds. The maximum Gasteiger partial charge on any atom is 0.322 e. The molecular formula is C19H22N5O2S-. The van der Waals surface area contributed by atoms with Crippen molar-refractivity contribution in [1.29, 1.82) is 0 Å². The van der Waals surface area contributed by atoms with Gasteiger partial charge >= 0.3 is 6.03 Å². The van der Waals surface area contributed by atoms with E-state index in [1.165, 1.54) is 24.1 Å². The summed E-state index contributed by atoms with van der Waals surface area (Å²) in [5.74, 6) is 0. The fourth-order valence-electron chi connectivity index (χ4n) is 4.44. The molecule has 3 aliphatic rings. The van der Waals surface area contributed by atoms with Gasteiger partial charge in [-0.05, 0) is 69.1 Å². The van der Waals surface area contributed by atoms with Crippen LogP contribution in [0.5, 0.6) is 0 Å². The Morgan fingerprint density at radius 2 is 2.15 bits per heavy atom. The van der Waals surface area contributed by atoms with E-state index in [4.69, 9.17) is 4.98 Å². The van der Waals surface area contributed by atoms with Gasteiger partial charge in [0.1, 0.15) is 0 Å². The number of amides is 2. The third-order valence-corrected chi connectivity index (χ3v) is 6.96. The van der Waals surface area contributed by atoms with Crippen molar-refractivity contribution in [2.24, 2.45) is 4.36 Å². The molecule has 142 valence electrons. The second-order valence-corrected chi connectivity index (χ2v) is 8.75. The van der Waals surface area contributed by atoms with Crippen molar-refractivity contribution in [3.63, 3.8) is 0 Å². The molecule has 0 aliphatic heterocycles. The molecule has 1 fully saturated rings. The Kier molecular flexibility index (Phi) is 3.86. The van der Waals surface area contributed by atoms with E-state index in [2.05, 4.69) is 14.8 Å². The first-order valence-electron chi connectivity index (χ1n) is 9.63. The van der Waals surface area contributed by atoms with Crippen molar-refractivity contribution < 1.29 is 9.00 Å². The first-order valence-corrected chi connectivity index (χ1v) is 10.7. The van der Waals surface area contributed by atoms with Crippen molar-refractivity contribution in [2.45, 2.75) is 68.9 Å². The maximum absolute atomic E-state index is 12.5. The number of anilines is 1. The highest BCUT2D eigenvalue weighted by Gasteiger charge is 2.51. The molecule has 0 radical (unpaired) electrons. The van der Waals surface area contributed by atoms with E-state index in [-0.39, 0.29) is 5.41 Å². The Morgan fingerprint density at radius 3 is 2.89 bits per heavy atom. The van der Waals surface area contributed by atoms with Gasteiger partial charge in [0.05, 0.1) is 11.4 Å². The van der Waals surface area contributed by atoms with Gasteiger partial charge in [0.25, 0.3) is 0 Å². The predicted molar refractivity (Wildman–Crippen MR) is 101 cm³/mol. The quantitative estimate of drug-likeness (QED) is 0.820. The molecule has 1 spiro atoms. The largest absolute Gasteiger partial charge is 0.438 e. The first-order chi connectivity index (χ1) is 13.1. The zero-order chi connectivity index (χ0) is 18.6. The number of urea groups is 1. The Hall–Kier alpha value is -2.22. The van der Waals surface area contributed by atoms with Gasteiger partial charge in [-0.3, -0.25) is 9.67 Å². The summed E-state index contributed by atoms with van der Waals surface area (Å²) in [6.07, 6.45) is 9.19. The van der Waals surface area contributed by atoms with E-state index >= 15 is 0 Å². The summed E-state index contributed by atoms with van der Waals surface area (Å²) in [6.45, 7) is 2.63. The number of fused-ring (bicyclic) bond motifs is 3. The van der Waals surface area contributed by atoms with E-state index < -0.39 is 16.6 Å². The molecule has 1 saturated carbocycles. The Labute approximate surface area is 159 Å². The molecule has 3 aliphatic carbocycles. The lowest BCUT2D eigenvalue weighted by molar-refractivity contribution is 0.260. The van der Waals surface area contributed by atoms with Crippen LogP contribution in [0.2, 0.25) is 0 Å². The topological polar surface area (TPSA) is 89.2 Å². The number of rotatable bonds is 3. The second kappa shape index (κ2) is 6.15. The Bertz CT molecular complexity index is 1030. The minimum Gasteiger partial charge on any atom is -0.438 e. The molecule has 1 N–H and O–H groups in total. The van der Waals surface area contributed by atoms with Crippen LogP contribution in [-0.2, 0) is 46.0 Å². The van der Waals surface area contributed by atoms with Crippen LogP contribution in [0.25, 0.3) is 0 Å². The molecule has 0 unspecified atom stereocenters. The first kappa shape index (κ1) is 16.9. The van der Waals surface area contributed by atoms with Gasteiger partial charge < -0.3 is 13.9 Å². The molecule has 2 heterocycles. The number of nitrogens with zero attached hydrogens (tertiary/aromatic N) is 4. The summed E-state index contributed by atoms with van der Waals surface area (Å²) in [4.78, 5) is 17.5. The minimum atomic E-state index is -1.80. The normalized spacial score (nSPS) is 19.9. The summed E-state index contributed by atoms with van der Waals surface area (Å²) >= 11 is 0. The number of nitrogens with one attached hydrogen (secondary N) is 1. The van der Waals surface area contributed by atoms with Gasteiger partial charge in [-0.15, -0.1) is 10.6 Å². The SMILES string of the molecule is CCn1ccc(/[S-](=O)=N/C(=O)Nc2c3c(nc4c2CCC42CC2)CCC3)n1. The van der Waals surface area contributed by atoms with Gasteiger partial charge in [-0.1, -0.05) is 0 Å². The lowest BCUT2D eigenvalue weighted by Gasteiger charge is -2.16. The maximum atomic E-state index is 12.5. The van der Waals surface area contributed by atoms with Crippen molar-refractivity contribution in [3.05, 3.63) is 34.8 Å². The summed E-state index contributed by atoms with van der Waals surface area (Å²) in [5.41, 5.74) is 5.80. The number of aryl methyl sites for hydroxylation is 2. The third-order valence-electron chi connectivity index (χ3n) is 6.05. The zero-order valence-corrected chi connectivity index (χ0v) is 16.1. The van der Waals surface area contributed by atoms with Crippen molar-refractivity contribution >= 4 is 22.3 Å². The molecule has 2 aromatic rings. The summed E-state index contributed by atoms with van der Waals surface area (Å²) in [5, 5.41) is 7.42. The number of hydrogen-bond donors (Lipinski definition) is 1. The molecule has 0 bridgehead atoms. The molecular weight excluding hydrogens is 362 g/mol. The Morgan fingerprint density at radius 1 is 1.30 bits per heavy atom. The highest BCUT2D eigenvalue weighted by atomic mass is 32.2. The molecule has 7 nitrogen and oxygen atoms in total. The number of aromatic nitrogens is 3. The third kappa shape index (κ3) is 2.77. The average Bonchev–Trinajstić information content (AvgIpc) is 3.04. The monoisotopic (exact) mass is 384 g/mol. The molecule has 0 atom stereocenters. The number of hydrogen-bond acceptors (Lipinski definition) is 5. The van der Waals surface area contributed by atoms with E-state index in [1.54, 1.807) is 16.9 Å². The van der Waals surface area contributed by atoms with E-state index in [0.29, 0.717) is 11.6 Å². The lowest BCUT2D eigenvalue weighted by Crippen LogP contribution is -2.14. The second-order valence-electron chi connectivity index (χ2n) is 7.65. The molecule has 0 aromatic carbocycles. The van der Waals surface area contributed by atoms with Crippen molar-refractivity contribution in [2.75, 3.05) is 5.32 Å². The standard InChI is InChI=1S/C19H22N5O2S/c1-2-24-11-7-15(22-24)27(26)23-18(25)21-16-12-4-3-5-14(12)20-17-13(16)6-8-19(17)9-10-19/h7,11H,2-6,8-10H2,1H3,(H,20,21,25)/q-1. The van der Waals surface area contributed by atoms with Gasteiger partial charge in [0, 0.05) is 28.9 Å². The minimum absolute atomic E-state index is 0.263. The van der Waals surface area contributed by atoms with Crippen LogP contribution in [0.1, 0.15) is 55.1 Å². The molecule has 2 aromatic heterocycles. The Balaban J connectivity index is 1.46. The van der Waals surface area contributed by atoms with Gasteiger partial charge in [-0.25, -0.2) is 4.79 Å². The summed E-state index contributed by atoms with van der Waals surface area (Å²) < 4.78 is 17.8. The molecule has 0 saturated heterocycles. The highest BCUT2D eigenvalue weighted by Crippen LogP contribution is 2.58. The smallest absolute Gasteiger partial charge is 0.322 e. The fourth-order valence-corrected chi connectivity index (χ4v) is 5.08. The number of carbonyl (C=O) groups excluding carboxylic acids is 1. The van der Waals surface area contributed by atoms with Gasteiger partial charge in [0.15, 0.2) is 0 Å². The fraction of sp³-hybridized carbons (Fsp3) is 0.526. The van der Waals surface area contributed by atoms with Crippen molar-refractivity contribution in [1.82, 2.24) is 14.8 Å². The van der Waals surface area contributed by atoms with E-state index in [1.807, 2.05) is 6.92 Å². The zero-order valence-electron chi connectivity index (χ0n) is 15.3. The van der Waals surface area contributed by atoms with Crippen LogP contribution in [0.15, 0.2) is 21.7 Å². The summed E-state index contributed by atoms with van der Waals surface area (Å²) in [7, 11) is -1.80. The van der Waals surface area contributed by atoms with Crippen LogP contribution in [0.4, 0.5) is 10.5 Å². The number of carbonyl (C=O) groups is 1. The molecule has 5 rings (SSSR count). The van der Waals surface area contributed by atoms with E-state index in [9.17, 15) is 9.00 Å². The van der Waals surface area contributed by atoms with Crippen LogP contribution < -0.4 is 5.32 Å². The number of pyridine rings is 1. The van der Waals surface area contributed by atoms with Crippen LogP contribution in [-0.4, -0.2) is 20.8 Å². The summed E-state index contributed by atoms with van der Waals surface area (Å²) in [6, 6.07) is 1.06.